The molecule has 0 fully saturated rings. The van der Waals surface area contributed by atoms with Gasteiger partial charge in [0.25, 0.3) is 0 Å². The van der Waals surface area contributed by atoms with Gasteiger partial charge in [-0.1, -0.05) is 19.1 Å². The van der Waals surface area contributed by atoms with E-state index in [4.69, 9.17) is 0 Å². The lowest BCUT2D eigenvalue weighted by Gasteiger charge is -2.12. The Morgan fingerprint density at radius 1 is 1.17 bits per heavy atom. The van der Waals surface area contributed by atoms with E-state index in [0.717, 1.165) is 12.0 Å². The van der Waals surface area contributed by atoms with E-state index in [0.29, 0.717) is 24.3 Å². The molecule has 2 rings (SSSR count). The summed E-state index contributed by atoms with van der Waals surface area (Å²) in [4.78, 5) is 24.7. The van der Waals surface area contributed by atoms with Crippen molar-refractivity contribution in [2.75, 3.05) is 17.2 Å². The Kier molecular flexibility index (Phi) is 6.17. The van der Waals surface area contributed by atoms with Crippen molar-refractivity contribution in [3.05, 3.63) is 46.2 Å². The van der Waals surface area contributed by atoms with Gasteiger partial charge in [0.1, 0.15) is 0 Å². The van der Waals surface area contributed by atoms with E-state index in [-0.39, 0.29) is 11.9 Å². The van der Waals surface area contributed by atoms with E-state index in [1.807, 2.05) is 36.6 Å². The first-order chi connectivity index (χ1) is 11.1. The van der Waals surface area contributed by atoms with E-state index in [1.54, 1.807) is 24.3 Å². The molecule has 0 spiro atoms. The first kappa shape index (κ1) is 17.0. The zero-order chi connectivity index (χ0) is 16.7. The minimum absolute atomic E-state index is 0.0554. The van der Waals surface area contributed by atoms with Crippen molar-refractivity contribution in [2.45, 2.75) is 26.7 Å². The van der Waals surface area contributed by atoms with Crippen LogP contribution in [0.25, 0.3) is 0 Å². The Hall–Kier alpha value is -2.34. The Labute approximate surface area is 140 Å². The van der Waals surface area contributed by atoms with Crippen molar-refractivity contribution in [1.82, 2.24) is 5.32 Å². The Balaban J connectivity index is 1.88. The summed E-state index contributed by atoms with van der Waals surface area (Å²) in [5.74, 6) is -0.0554. The molecular formula is C17H21N3O2S. The Morgan fingerprint density at radius 3 is 2.70 bits per heavy atom. The van der Waals surface area contributed by atoms with Crippen LogP contribution in [0.1, 0.15) is 23.8 Å². The first-order valence-electron chi connectivity index (χ1n) is 7.56. The summed E-state index contributed by atoms with van der Waals surface area (Å²) < 4.78 is 0. The van der Waals surface area contributed by atoms with Gasteiger partial charge in [-0.2, -0.15) is 0 Å². The monoisotopic (exact) mass is 331 g/mol. The van der Waals surface area contributed by atoms with Crippen LogP contribution in [-0.2, 0) is 11.2 Å². The molecule has 23 heavy (non-hydrogen) atoms. The van der Waals surface area contributed by atoms with Crippen LogP contribution in [0.2, 0.25) is 0 Å². The fraction of sp³-hybridized carbons (Fsp3) is 0.294. The third-order valence-corrected chi connectivity index (χ3v) is 4.26. The molecule has 0 aliphatic carbocycles. The standard InChI is InChI=1S/C17H21N3O2S/c1-3-16(21)19-13-7-6-12(2)15(11-13)20-17(22)18-9-8-14-5-4-10-23-14/h4-7,10-11H,3,8-9H2,1-2H3,(H,19,21)(H2,18,20,22). The summed E-state index contributed by atoms with van der Waals surface area (Å²) in [6, 6.07) is 9.26. The second kappa shape index (κ2) is 8.33. The first-order valence-corrected chi connectivity index (χ1v) is 8.44. The van der Waals surface area contributed by atoms with Crippen LogP contribution < -0.4 is 16.0 Å². The number of anilines is 2. The highest BCUT2D eigenvalue weighted by atomic mass is 32.1. The van der Waals surface area contributed by atoms with Crippen LogP contribution in [0.3, 0.4) is 0 Å². The van der Waals surface area contributed by atoms with E-state index in [2.05, 4.69) is 16.0 Å². The Morgan fingerprint density at radius 2 is 2.00 bits per heavy atom. The lowest BCUT2D eigenvalue weighted by Crippen LogP contribution is -2.30. The van der Waals surface area contributed by atoms with Crippen LogP contribution in [0.5, 0.6) is 0 Å². The lowest BCUT2D eigenvalue weighted by molar-refractivity contribution is -0.115. The van der Waals surface area contributed by atoms with Gasteiger partial charge < -0.3 is 16.0 Å². The molecule has 0 aliphatic rings. The number of hydrogen-bond donors (Lipinski definition) is 3. The molecule has 0 unspecified atom stereocenters. The summed E-state index contributed by atoms with van der Waals surface area (Å²) in [7, 11) is 0. The van der Waals surface area contributed by atoms with Gasteiger partial charge in [0, 0.05) is 29.2 Å². The van der Waals surface area contributed by atoms with Crippen molar-refractivity contribution in [2.24, 2.45) is 0 Å². The van der Waals surface area contributed by atoms with Crippen LogP contribution in [0.4, 0.5) is 16.2 Å². The number of aryl methyl sites for hydroxylation is 1. The topological polar surface area (TPSA) is 70.2 Å². The van der Waals surface area contributed by atoms with E-state index >= 15 is 0 Å². The van der Waals surface area contributed by atoms with Gasteiger partial charge in [0.15, 0.2) is 0 Å². The van der Waals surface area contributed by atoms with E-state index < -0.39 is 0 Å². The number of thiophene rings is 1. The minimum Gasteiger partial charge on any atom is -0.338 e. The highest BCUT2D eigenvalue weighted by Crippen LogP contribution is 2.20. The van der Waals surface area contributed by atoms with E-state index in [1.165, 1.54) is 4.88 Å². The average molecular weight is 331 g/mol. The normalized spacial score (nSPS) is 10.2. The summed E-state index contributed by atoms with van der Waals surface area (Å²) in [6.07, 6.45) is 1.23. The second-order valence-electron chi connectivity index (χ2n) is 5.14. The predicted molar refractivity (Wildman–Crippen MR) is 95.1 cm³/mol. The highest BCUT2D eigenvalue weighted by molar-refractivity contribution is 7.09. The molecule has 3 N–H and O–H groups in total. The van der Waals surface area contributed by atoms with Gasteiger partial charge in [0.05, 0.1) is 0 Å². The molecule has 1 aromatic carbocycles. The number of carbonyl (C=O) groups excluding carboxylic acids is 2. The van der Waals surface area contributed by atoms with E-state index in [9.17, 15) is 9.59 Å². The maximum Gasteiger partial charge on any atom is 0.319 e. The highest BCUT2D eigenvalue weighted by Gasteiger charge is 2.07. The summed E-state index contributed by atoms with van der Waals surface area (Å²) >= 11 is 1.68. The van der Waals surface area contributed by atoms with Gasteiger partial charge in [-0.15, -0.1) is 11.3 Å². The molecule has 3 amide bonds. The van der Waals surface area contributed by atoms with Crippen LogP contribution in [-0.4, -0.2) is 18.5 Å². The quantitative estimate of drug-likeness (QED) is 0.754. The molecule has 1 aromatic heterocycles. The average Bonchev–Trinajstić information content (AvgIpc) is 3.04. The van der Waals surface area contributed by atoms with Crippen LogP contribution in [0.15, 0.2) is 35.7 Å². The zero-order valence-electron chi connectivity index (χ0n) is 13.3. The molecular weight excluding hydrogens is 310 g/mol. The third-order valence-electron chi connectivity index (χ3n) is 3.33. The molecule has 0 atom stereocenters. The van der Waals surface area contributed by atoms with Crippen molar-refractivity contribution < 1.29 is 9.59 Å². The smallest absolute Gasteiger partial charge is 0.319 e. The fourth-order valence-electron chi connectivity index (χ4n) is 2.00. The molecule has 6 heteroatoms. The van der Waals surface area contributed by atoms with Gasteiger partial charge in [-0.3, -0.25) is 4.79 Å². The molecule has 0 radical (unpaired) electrons. The maximum atomic E-state index is 12.0. The molecule has 122 valence electrons. The van der Waals surface area contributed by atoms with Crippen molar-refractivity contribution in [3.63, 3.8) is 0 Å². The second-order valence-corrected chi connectivity index (χ2v) is 6.17. The van der Waals surface area contributed by atoms with Crippen LogP contribution in [0, 0.1) is 6.92 Å². The van der Waals surface area contributed by atoms with Crippen molar-refractivity contribution in [3.8, 4) is 0 Å². The number of nitrogens with one attached hydrogen (secondary N) is 3. The number of carbonyl (C=O) groups is 2. The maximum absolute atomic E-state index is 12.0. The predicted octanol–water partition coefficient (Wildman–Crippen LogP) is 3.77. The van der Waals surface area contributed by atoms with Crippen molar-refractivity contribution >= 4 is 34.6 Å². The zero-order valence-corrected chi connectivity index (χ0v) is 14.1. The minimum atomic E-state index is -0.247. The van der Waals surface area contributed by atoms with Crippen molar-refractivity contribution in [1.29, 1.82) is 0 Å². The van der Waals surface area contributed by atoms with Gasteiger partial charge in [0.2, 0.25) is 5.91 Å². The molecule has 0 saturated heterocycles. The number of urea groups is 1. The molecule has 1 heterocycles. The molecule has 0 aliphatic heterocycles. The molecule has 0 saturated carbocycles. The van der Waals surface area contributed by atoms with Gasteiger partial charge in [-0.25, -0.2) is 4.79 Å². The number of rotatable bonds is 6. The number of hydrogen-bond acceptors (Lipinski definition) is 3. The number of benzene rings is 1. The fourth-order valence-corrected chi connectivity index (χ4v) is 2.71. The SMILES string of the molecule is CCC(=O)Nc1ccc(C)c(NC(=O)NCCc2cccs2)c1. The summed E-state index contributed by atoms with van der Waals surface area (Å²) in [5, 5.41) is 10.5. The molecule has 5 nitrogen and oxygen atoms in total. The Bertz CT molecular complexity index is 668. The van der Waals surface area contributed by atoms with Gasteiger partial charge in [-0.05, 0) is 42.5 Å². The molecule has 2 aromatic rings. The third kappa shape index (κ3) is 5.41. The summed E-state index contributed by atoms with van der Waals surface area (Å²) in [6.45, 7) is 4.29. The number of amides is 3. The van der Waals surface area contributed by atoms with Gasteiger partial charge >= 0.3 is 6.03 Å². The lowest BCUT2D eigenvalue weighted by atomic mass is 10.2. The largest absolute Gasteiger partial charge is 0.338 e. The molecule has 0 bridgehead atoms. The van der Waals surface area contributed by atoms with Crippen LogP contribution >= 0.6 is 11.3 Å². The summed E-state index contributed by atoms with van der Waals surface area (Å²) in [5.41, 5.74) is 2.30.